The van der Waals surface area contributed by atoms with Crippen molar-refractivity contribution in [1.82, 2.24) is 9.78 Å². The van der Waals surface area contributed by atoms with Crippen LogP contribution < -0.4 is 11.1 Å². The van der Waals surface area contributed by atoms with E-state index in [4.69, 9.17) is 5.73 Å². The van der Waals surface area contributed by atoms with Crippen molar-refractivity contribution in [3.05, 3.63) is 58.6 Å². The van der Waals surface area contributed by atoms with Crippen LogP contribution in [0.25, 0.3) is 11.3 Å². The normalized spacial score (nSPS) is 13.5. The van der Waals surface area contributed by atoms with Crippen LogP contribution in [-0.2, 0) is 25.8 Å². The smallest absolute Gasteiger partial charge is 0.373 e. The van der Waals surface area contributed by atoms with Crippen LogP contribution in [0.5, 0.6) is 0 Å². The highest BCUT2D eigenvalue weighted by molar-refractivity contribution is 7.14. The van der Waals surface area contributed by atoms with Gasteiger partial charge in [-0.05, 0) is 24.1 Å². The fourth-order valence-corrected chi connectivity index (χ4v) is 4.02. The molecular formula is C19H18F6N4S. The molecule has 0 spiro atoms. The molecule has 0 unspecified atom stereocenters. The third-order valence-corrected chi connectivity index (χ3v) is 5.40. The Balaban J connectivity index is 1.82. The van der Waals surface area contributed by atoms with Crippen molar-refractivity contribution in [2.24, 2.45) is 12.8 Å². The Labute approximate surface area is 172 Å². The lowest BCUT2D eigenvalue weighted by atomic mass is 10.00. The Bertz CT molecular complexity index is 1010. The van der Waals surface area contributed by atoms with Crippen molar-refractivity contribution < 1.29 is 26.3 Å². The van der Waals surface area contributed by atoms with E-state index in [0.29, 0.717) is 10.6 Å². The van der Waals surface area contributed by atoms with Crippen LogP contribution in [0.15, 0.2) is 41.9 Å². The lowest BCUT2D eigenvalue weighted by Crippen LogP contribution is -2.31. The van der Waals surface area contributed by atoms with E-state index < -0.39 is 29.5 Å². The molecule has 162 valence electrons. The Kier molecular flexibility index (Phi) is 6.14. The van der Waals surface area contributed by atoms with Gasteiger partial charge in [-0.25, -0.2) is 0 Å². The molecule has 11 heteroatoms. The van der Waals surface area contributed by atoms with Gasteiger partial charge in [0.05, 0.1) is 22.5 Å². The van der Waals surface area contributed by atoms with Crippen LogP contribution in [-0.4, -0.2) is 22.4 Å². The summed E-state index contributed by atoms with van der Waals surface area (Å²) in [4.78, 5) is 0. The van der Waals surface area contributed by atoms with Crippen LogP contribution >= 0.6 is 11.3 Å². The summed E-state index contributed by atoms with van der Waals surface area (Å²) in [5, 5.41) is 8.75. The third-order valence-electron chi connectivity index (χ3n) is 4.54. The van der Waals surface area contributed by atoms with E-state index in [1.165, 1.54) is 36.7 Å². The standard InChI is InChI=1S/C19H18F6N4S/c1-29-17(15(9-27-29)19(23,24)25)12-7-16(30-10-12)28-13(8-26)6-11-4-2-3-5-14(11)18(20,21)22/h2-5,7,9-10,13,28H,6,8,26H2,1H3/t13-/m0/s1. The molecule has 0 aliphatic heterocycles. The summed E-state index contributed by atoms with van der Waals surface area (Å²) in [5.74, 6) is 0. The van der Waals surface area contributed by atoms with Gasteiger partial charge in [0.1, 0.15) is 5.56 Å². The van der Waals surface area contributed by atoms with Crippen LogP contribution in [0.2, 0.25) is 0 Å². The zero-order valence-corrected chi connectivity index (χ0v) is 16.5. The average Bonchev–Trinajstić information content (AvgIpc) is 3.26. The maximum Gasteiger partial charge on any atom is 0.420 e. The van der Waals surface area contributed by atoms with Gasteiger partial charge in [0.2, 0.25) is 0 Å². The van der Waals surface area contributed by atoms with Gasteiger partial charge in [0.15, 0.2) is 0 Å². The van der Waals surface area contributed by atoms with Crippen LogP contribution in [0.3, 0.4) is 0 Å². The van der Waals surface area contributed by atoms with E-state index in [-0.39, 0.29) is 24.2 Å². The van der Waals surface area contributed by atoms with Crippen molar-refractivity contribution in [3.8, 4) is 11.3 Å². The number of benzene rings is 1. The number of anilines is 1. The van der Waals surface area contributed by atoms with E-state index >= 15 is 0 Å². The minimum atomic E-state index is -4.56. The van der Waals surface area contributed by atoms with Crippen LogP contribution in [0, 0.1) is 0 Å². The molecule has 30 heavy (non-hydrogen) atoms. The maximum absolute atomic E-state index is 13.2. The molecule has 3 N–H and O–H groups in total. The number of nitrogens with one attached hydrogen (secondary N) is 1. The molecule has 0 saturated heterocycles. The minimum Gasteiger partial charge on any atom is -0.373 e. The number of aryl methyl sites for hydroxylation is 1. The Morgan fingerprint density at radius 2 is 1.77 bits per heavy atom. The quantitative estimate of drug-likeness (QED) is 0.512. The lowest BCUT2D eigenvalue weighted by molar-refractivity contribution is -0.138. The van der Waals surface area contributed by atoms with Crippen molar-refractivity contribution in [2.45, 2.75) is 24.8 Å². The number of aromatic nitrogens is 2. The van der Waals surface area contributed by atoms with Gasteiger partial charge in [-0.2, -0.15) is 31.4 Å². The average molecular weight is 448 g/mol. The summed E-state index contributed by atoms with van der Waals surface area (Å²) in [6.45, 7) is 0.0406. The highest BCUT2D eigenvalue weighted by atomic mass is 32.1. The minimum absolute atomic E-state index is 0.0128. The second kappa shape index (κ2) is 8.31. The topological polar surface area (TPSA) is 55.9 Å². The predicted molar refractivity (Wildman–Crippen MR) is 103 cm³/mol. The van der Waals surface area contributed by atoms with Crippen molar-refractivity contribution in [3.63, 3.8) is 0 Å². The number of hydrogen-bond donors (Lipinski definition) is 2. The van der Waals surface area contributed by atoms with Crippen molar-refractivity contribution in [1.29, 1.82) is 0 Å². The zero-order chi connectivity index (χ0) is 22.1. The van der Waals surface area contributed by atoms with E-state index in [9.17, 15) is 26.3 Å². The molecule has 0 amide bonds. The van der Waals surface area contributed by atoms with E-state index in [1.54, 1.807) is 0 Å². The lowest BCUT2D eigenvalue weighted by Gasteiger charge is -2.20. The monoisotopic (exact) mass is 448 g/mol. The van der Waals surface area contributed by atoms with Gasteiger partial charge in [0, 0.05) is 30.6 Å². The first-order chi connectivity index (χ1) is 14.0. The highest BCUT2D eigenvalue weighted by Crippen LogP contribution is 2.39. The molecule has 3 aromatic rings. The molecule has 3 rings (SSSR count). The first kappa shape index (κ1) is 22.2. The molecule has 2 aromatic heterocycles. The van der Waals surface area contributed by atoms with Gasteiger partial charge in [-0.3, -0.25) is 4.68 Å². The second-order valence-corrected chi connectivity index (χ2v) is 7.58. The first-order valence-electron chi connectivity index (χ1n) is 8.80. The molecule has 4 nitrogen and oxygen atoms in total. The number of alkyl halides is 6. The molecule has 1 atom stereocenters. The summed E-state index contributed by atoms with van der Waals surface area (Å²) in [7, 11) is 1.41. The zero-order valence-electron chi connectivity index (χ0n) is 15.7. The molecule has 0 radical (unpaired) electrons. The van der Waals surface area contributed by atoms with E-state index in [1.807, 2.05) is 0 Å². The largest absolute Gasteiger partial charge is 0.420 e. The number of rotatable bonds is 6. The van der Waals surface area contributed by atoms with Crippen LogP contribution in [0.1, 0.15) is 16.7 Å². The van der Waals surface area contributed by atoms with Gasteiger partial charge in [-0.15, -0.1) is 11.3 Å². The van der Waals surface area contributed by atoms with Gasteiger partial charge < -0.3 is 11.1 Å². The first-order valence-corrected chi connectivity index (χ1v) is 9.68. The number of hydrogen-bond acceptors (Lipinski definition) is 4. The number of nitrogens with zero attached hydrogens (tertiary/aromatic N) is 2. The summed E-state index contributed by atoms with van der Waals surface area (Å²) < 4.78 is 80.4. The molecule has 0 aliphatic rings. The molecule has 1 aromatic carbocycles. The number of thiophene rings is 1. The summed E-state index contributed by atoms with van der Waals surface area (Å²) >= 11 is 1.14. The fourth-order valence-electron chi connectivity index (χ4n) is 3.16. The van der Waals surface area contributed by atoms with Crippen molar-refractivity contribution in [2.75, 3.05) is 11.9 Å². The molecule has 0 fully saturated rings. The fraction of sp³-hybridized carbons (Fsp3) is 0.316. The van der Waals surface area contributed by atoms with Crippen molar-refractivity contribution >= 4 is 16.3 Å². The van der Waals surface area contributed by atoms with E-state index in [0.717, 1.165) is 28.3 Å². The highest BCUT2D eigenvalue weighted by Gasteiger charge is 2.36. The van der Waals surface area contributed by atoms with Gasteiger partial charge in [0.25, 0.3) is 0 Å². The Morgan fingerprint density at radius 1 is 1.10 bits per heavy atom. The predicted octanol–water partition coefficient (Wildman–Crippen LogP) is 5.17. The molecule has 0 aliphatic carbocycles. The molecule has 2 heterocycles. The number of nitrogens with two attached hydrogens (primary N) is 1. The molecule has 0 bridgehead atoms. The van der Waals surface area contributed by atoms with Gasteiger partial charge >= 0.3 is 12.4 Å². The third kappa shape index (κ3) is 4.78. The molecular weight excluding hydrogens is 430 g/mol. The molecule has 0 saturated carbocycles. The van der Waals surface area contributed by atoms with Gasteiger partial charge in [-0.1, -0.05) is 18.2 Å². The summed E-state index contributed by atoms with van der Waals surface area (Å²) in [6, 6.07) is 6.20. The number of halogens is 6. The SMILES string of the molecule is Cn1ncc(C(F)(F)F)c1-c1csc(N[C@H](CN)Cc2ccccc2C(F)(F)F)c1. The maximum atomic E-state index is 13.2. The van der Waals surface area contributed by atoms with Crippen LogP contribution in [0.4, 0.5) is 31.3 Å². The van der Waals surface area contributed by atoms with E-state index in [2.05, 4.69) is 10.4 Å². The summed E-state index contributed by atoms with van der Waals surface area (Å²) in [5.41, 5.74) is 4.46. The second-order valence-electron chi connectivity index (χ2n) is 6.66. The Morgan fingerprint density at radius 3 is 2.40 bits per heavy atom. The summed E-state index contributed by atoms with van der Waals surface area (Å²) in [6.07, 6.45) is -8.27. The Hall–Kier alpha value is -2.53.